The average Bonchev–Trinajstić information content (AvgIpc) is 2.78. The second-order valence-electron chi connectivity index (χ2n) is 9.12. The fourth-order valence-corrected chi connectivity index (χ4v) is 4.95. The first-order valence-corrected chi connectivity index (χ1v) is 11.1. The van der Waals surface area contributed by atoms with Crippen molar-refractivity contribution in [3.63, 3.8) is 0 Å². The molecule has 2 aromatic heterocycles. The van der Waals surface area contributed by atoms with Gasteiger partial charge in [0.05, 0.1) is 16.8 Å². The molecule has 2 aromatic rings. The van der Waals surface area contributed by atoms with Crippen LogP contribution in [-0.4, -0.2) is 76.0 Å². The van der Waals surface area contributed by atoms with Crippen LogP contribution in [-0.2, 0) is 11.2 Å². The molecule has 1 unspecified atom stereocenters. The number of hydrogen-bond donors (Lipinski definition) is 0. The van der Waals surface area contributed by atoms with E-state index in [-0.39, 0.29) is 17.2 Å². The van der Waals surface area contributed by atoms with Crippen molar-refractivity contribution in [2.45, 2.75) is 44.2 Å². The quantitative estimate of drug-likeness (QED) is 0.662. The van der Waals surface area contributed by atoms with Gasteiger partial charge in [-0.25, -0.2) is 4.39 Å². The van der Waals surface area contributed by atoms with Gasteiger partial charge in [-0.15, -0.1) is 0 Å². The van der Waals surface area contributed by atoms with E-state index in [2.05, 4.69) is 33.6 Å². The lowest BCUT2D eigenvalue weighted by Crippen LogP contribution is -2.65. The van der Waals surface area contributed by atoms with Gasteiger partial charge in [0.1, 0.15) is 11.5 Å². The van der Waals surface area contributed by atoms with Gasteiger partial charge in [0, 0.05) is 64.6 Å². The number of nitrogens with zero attached hydrogens (tertiary/aromatic N) is 4. The number of piperazine rings is 1. The number of pyridine rings is 2. The Bertz CT molecular complexity index is 899. The van der Waals surface area contributed by atoms with Crippen molar-refractivity contribution in [1.29, 1.82) is 0 Å². The van der Waals surface area contributed by atoms with Crippen LogP contribution in [0.2, 0.25) is 0 Å². The molecule has 6 nitrogen and oxygen atoms in total. The fraction of sp³-hybridized carbons (Fsp3) is 0.542. The van der Waals surface area contributed by atoms with E-state index in [1.807, 2.05) is 18.2 Å². The largest absolute Gasteiger partial charge is 0.375 e. The third kappa shape index (κ3) is 4.84. The number of rotatable bonds is 6. The molecule has 2 fully saturated rings. The minimum atomic E-state index is -0.602. The SMILES string of the molecule is CC1(C)CC(C(=O)c2ccccn2)(N2CCN(CCc3ncccc3F)CC2)CCO1. The third-order valence-corrected chi connectivity index (χ3v) is 6.52. The van der Waals surface area contributed by atoms with Crippen LogP contribution in [0.4, 0.5) is 4.39 Å². The standard InChI is InChI=1S/C24H31FN4O2/c1-23(2)18-24(9-17-31-23,22(30)21-7-3-4-10-27-21)29-15-13-28(14-16-29)12-8-20-19(25)6-5-11-26-20/h3-7,10-11H,8-9,12-18H2,1-2H3. The van der Waals surface area contributed by atoms with Gasteiger partial charge in [-0.2, -0.15) is 0 Å². The van der Waals surface area contributed by atoms with Crippen LogP contribution in [0.25, 0.3) is 0 Å². The van der Waals surface area contributed by atoms with Gasteiger partial charge in [0.2, 0.25) is 5.78 Å². The summed E-state index contributed by atoms with van der Waals surface area (Å²) in [6.07, 6.45) is 5.22. The van der Waals surface area contributed by atoms with Gasteiger partial charge in [-0.05, 0) is 44.5 Å². The van der Waals surface area contributed by atoms with Gasteiger partial charge in [0.15, 0.2) is 0 Å². The van der Waals surface area contributed by atoms with E-state index in [1.54, 1.807) is 18.5 Å². The highest BCUT2D eigenvalue weighted by molar-refractivity contribution is 6.02. The smallest absolute Gasteiger partial charge is 0.201 e. The molecular formula is C24H31FN4O2. The van der Waals surface area contributed by atoms with Crippen molar-refractivity contribution >= 4 is 5.78 Å². The highest BCUT2D eigenvalue weighted by atomic mass is 19.1. The van der Waals surface area contributed by atoms with Gasteiger partial charge >= 0.3 is 0 Å². The fourth-order valence-electron chi connectivity index (χ4n) is 4.95. The molecule has 0 amide bonds. The maximum Gasteiger partial charge on any atom is 0.201 e. The van der Waals surface area contributed by atoms with Gasteiger partial charge in [-0.1, -0.05) is 6.07 Å². The summed E-state index contributed by atoms with van der Waals surface area (Å²) in [5.41, 5.74) is 0.0668. The topological polar surface area (TPSA) is 58.6 Å². The van der Waals surface area contributed by atoms with Crippen molar-refractivity contribution in [3.05, 3.63) is 59.9 Å². The zero-order valence-electron chi connectivity index (χ0n) is 18.4. The molecule has 0 bridgehead atoms. The number of hydrogen-bond acceptors (Lipinski definition) is 6. The molecule has 2 aliphatic rings. The van der Waals surface area contributed by atoms with Crippen LogP contribution in [0.5, 0.6) is 0 Å². The van der Waals surface area contributed by atoms with Gasteiger partial charge < -0.3 is 9.64 Å². The normalized spacial score (nSPS) is 24.7. The third-order valence-electron chi connectivity index (χ3n) is 6.52. The van der Waals surface area contributed by atoms with E-state index in [9.17, 15) is 9.18 Å². The van der Waals surface area contributed by atoms with E-state index in [4.69, 9.17) is 4.74 Å². The Balaban J connectivity index is 1.46. The highest BCUT2D eigenvalue weighted by Gasteiger charge is 2.51. The van der Waals surface area contributed by atoms with E-state index in [0.717, 1.165) is 32.7 Å². The molecule has 7 heteroatoms. The monoisotopic (exact) mass is 426 g/mol. The zero-order valence-corrected chi connectivity index (χ0v) is 18.4. The summed E-state index contributed by atoms with van der Waals surface area (Å²) in [5.74, 6) is -0.154. The number of ketones is 1. The molecule has 0 spiro atoms. The second-order valence-corrected chi connectivity index (χ2v) is 9.12. The molecule has 0 radical (unpaired) electrons. The molecular weight excluding hydrogens is 395 g/mol. The maximum absolute atomic E-state index is 13.9. The summed E-state index contributed by atoms with van der Waals surface area (Å²) < 4.78 is 19.8. The Morgan fingerprint density at radius 2 is 1.87 bits per heavy atom. The predicted octanol–water partition coefficient (Wildman–Crippen LogP) is 2.99. The Morgan fingerprint density at radius 3 is 2.55 bits per heavy atom. The lowest BCUT2D eigenvalue weighted by Gasteiger charge is -2.52. The molecule has 4 rings (SSSR count). The Kier molecular flexibility index (Phi) is 6.46. The summed E-state index contributed by atoms with van der Waals surface area (Å²) in [7, 11) is 0. The van der Waals surface area contributed by atoms with Crippen LogP contribution in [0, 0.1) is 5.82 Å². The minimum Gasteiger partial charge on any atom is -0.375 e. The lowest BCUT2D eigenvalue weighted by molar-refractivity contribution is -0.113. The van der Waals surface area contributed by atoms with Crippen LogP contribution in [0.1, 0.15) is 42.9 Å². The predicted molar refractivity (Wildman–Crippen MR) is 116 cm³/mol. The first-order valence-electron chi connectivity index (χ1n) is 11.1. The van der Waals surface area contributed by atoms with Crippen LogP contribution >= 0.6 is 0 Å². The Morgan fingerprint density at radius 1 is 1.10 bits per heavy atom. The number of carbonyl (C=O) groups is 1. The molecule has 0 saturated carbocycles. The molecule has 2 saturated heterocycles. The summed E-state index contributed by atoms with van der Waals surface area (Å²) in [5, 5.41) is 0. The molecule has 0 aliphatic carbocycles. The van der Waals surface area contributed by atoms with Crippen molar-refractivity contribution in [2.24, 2.45) is 0 Å². The zero-order chi connectivity index (χ0) is 21.9. The minimum absolute atomic E-state index is 0.0912. The van der Waals surface area contributed by atoms with Crippen molar-refractivity contribution in [2.75, 3.05) is 39.3 Å². The van der Waals surface area contributed by atoms with E-state index < -0.39 is 5.54 Å². The van der Waals surface area contributed by atoms with Crippen molar-refractivity contribution in [1.82, 2.24) is 19.8 Å². The van der Waals surface area contributed by atoms with Gasteiger partial charge in [0.25, 0.3) is 0 Å². The van der Waals surface area contributed by atoms with Gasteiger partial charge in [-0.3, -0.25) is 19.7 Å². The number of Topliss-reactive ketones (excluding diaryl/α,β-unsaturated/α-hetero) is 1. The molecule has 2 aliphatic heterocycles. The summed E-state index contributed by atoms with van der Waals surface area (Å²) in [6.45, 7) is 8.70. The first kappa shape index (κ1) is 22.0. The van der Waals surface area contributed by atoms with Crippen LogP contribution < -0.4 is 0 Å². The van der Waals surface area contributed by atoms with E-state index in [0.29, 0.717) is 37.3 Å². The van der Waals surface area contributed by atoms with E-state index in [1.165, 1.54) is 6.07 Å². The lowest BCUT2D eigenvalue weighted by atomic mass is 9.75. The summed E-state index contributed by atoms with van der Waals surface area (Å²) >= 11 is 0. The molecule has 0 aromatic carbocycles. The maximum atomic E-state index is 13.9. The van der Waals surface area contributed by atoms with Crippen LogP contribution in [0.15, 0.2) is 42.7 Å². The van der Waals surface area contributed by atoms with Crippen molar-refractivity contribution in [3.8, 4) is 0 Å². The number of aromatic nitrogens is 2. The molecule has 1 atom stereocenters. The van der Waals surface area contributed by atoms with E-state index >= 15 is 0 Å². The molecule has 166 valence electrons. The number of carbonyl (C=O) groups excluding carboxylic acids is 1. The summed E-state index contributed by atoms with van der Waals surface area (Å²) in [6, 6.07) is 8.59. The molecule has 31 heavy (non-hydrogen) atoms. The van der Waals surface area contributed by atoms with Crippen molar-refractivity contribution < 1.29 is 13.9 Å². The first-order chi connectivity index (χ1) is 14.9. The second kappa shape index (κ2) is 9.10. The Labute approximate surface area is 183 Å². The Hall–Kier alpha value is -2.22. The molecule has 0 N–H and O–H groups in total. The highest BCUT2D eigenvalue weighted by Crippen LogP contribution is 2.39. The van der Waals surface area contributed by atoms with Crippen LogP contribution in [0.3, 0.4) is 0 Å². The number of ether oxygens (including phenoxy) is 1. The number of halogens is 1. The summed E-state index contributed by atoms with van der Waals surface area (Å²) in [4.78, 5) is 26.9. The average molecular weight is 427 g/mol. The molecule has 4 heterocycles.